The predicted molar refractivity (Wildman–Crippen MR) is 95.6 cm³/mol. The summed E-state index contributed by atoms with van der Waals surface area (Å²) in [6, 6.07) is 6.92. The predicted octanol–water partition coefficient (Wildman–Crippen LogP) is 4.23. The number of ether oxygens (including phenoxy) is 2. The number of alkyl halides is 2. The Kier molecular flexibility index (Phi) is 6.89. The van der Waals surface area contributed by atoms with Gasteiger partial charge in [-0.3, -0.25) is 15.1 Å². The monoisotopic (exact) mass is 400 g/mol. The van der Waals surface area contributed by atoms with Crippen LogP contribution >= 0.6 is 11.6 Å². The highest BCUT2D eigenvalue weighted by Gasteiger charge is 2.17. The van der Waals surface area contributed by atoms with Gasteiger partial charge in [0.25, 0.3) is 0 Å². The topological polar surface area (TPSA) is 94.2 Å². The van der Waals surface area contributed by atoms with Gasteiger partial charge in [-0.2, -0.15) is 8.78 Å². The zero-order chi connectivity index (χ0) is 20.0. The molecule has 0 atom stereocenters. The lowest BCUT2D eigenvalue weighted by atomic mass is 10.1. The zero-order valence-corrected chi connectivity index (χ0v) is 14.8. The van der Waals surface area contributed by atoms with E-state index >= 15 is 0 Å². The molecule has 2 aromatic rings. The Labute approximate surface area is 158 Å². The number of nitrogens with zero attached hydrogens (tertiary/aromatic N) is 2. The third kappa shape index (κ3) is 5.52. The number of methoxy groups -OCH3 is 1. The number of phenolic OH excluding ortho intramolecular Hbond substituents is 1. The molecule has 0 bridgehead atoms. The standard InChI is InChI=1S/C17H15ClF2N2O5/c1-26-15-6-10(2-3-14(15)27-17(19)20)4-5-21-9-11-7-12(18)8-13(16(11)23)22(24)25/h2-3,6-9,17,23H,4-5H2,1H3. The van der Waals surface area contributed by atoms with Crippen LogP contribution in [0.5, 0.6) is 17.2 Å². The van der Waals surface area contributed by atoms with Crippen LogP contribution < -0.4 is 9.47 Å². The summed E-state index contributed by atoms with van der Waals surface area (Å²) < 4.78 is 34.0. The van der Waals surface area contributed by atoms with Crippen LogP contribution in [-0.2, 0) is 6.42 Å². The van der Waals surface area contributed by atoms with E-state index in [1.807, 2.05) is 0 Å². The summed E-state index contributed by atoms with van der Waals surface area (Å²) in [4.78, 5) is 14.2. The van der Waals surface area contributed by atoms with Gasteiger partial charge in [0.15, 0.2) is 11.5 Å². The summed E-state index contributed by atoms with van der Waals surface area (Å²) >= 11 is 5.80. The summed E-state index contributed by atoms with van der Waals surface area (Å²) in [5.74, 6) is -0.431. The third-order valence-corrected chi connectivity index (χ3v) is 3.70. The molecule has 0 fully saturated rings. The molecule has 0 amide bonds. The van der Waals surface area contributed by atoms with Gasteiger partial charge in [-0.05, 0) is 30.2 Å². The third-order valence-electron chi connectivity index (χ3n) is 3.48. The number of halogens is 3. The van der Waals surface area contributed by atoms with Crippen molar-refractivity contribution in [1.29, 1.82) is 0 Å². The van der Waals surface area contributed by atoms with Crippen molar-refractivity contribution in [3.05, 3.63) is 56.6 Å². The normalized spacial score (nSPS) is 11.1. The SMILES string of the molecule is COc1cc(CCN=Cc2cc(Cl)cc([N+](=O)[O-])c2O)ccc1OC(F)F. The molecule has 0 spiro atoms. The Balaban J connectivity index is 2.07. The number of nitro groups is 1. The summed E-state index contributed by atoms with van der Waals surface area (Å²) in [6.07, 6.45) is 1.71. The minimum Gasteiger partial charge on any atom is -0.502 e. The van der Waals surface area contributed by atoms with E-state index in [-0.39, 0.29) is 28.6 Å². The molecular formula is C17H15ClF2N2O5. The summed E-state index contributed by atoms with van der Waals surface area (Å²) in [5, 5.41) is 20.9. The van der Waals surface area contributed by atoms with E-state index in [1.165, 1.54) is 25.5 Å². The second kappa shape index (κ2) is 9.13. The molecule has 0 aliphatic heterocycles. The molecule has 0 radical (unpaired) electrons. The van der Waals surface area contributed by atoms with Crippen LogP contribution in [0, 0.1) is 10.1 Å². The van der Waals surface area contributed by atoms with Crippen molar-refractivity contribution in [2.45, 2.75) is 13.0 Å². The van der Waals surface area contributed by atoms with Gasteiger partial charge in [0.1, 0.15) is 0 Å². The van der Waals surface area contributed by atoms with Gasteiger partial charge in [0.2, 0.25) is 5.75 Å². The highest BCUT2D eigenvalue weighted by atomic mass is 35.5. The highest BCUT2D eigenvalue weighted by molar-refractivity contribution is 6.31. The number of aromatic hydroxyl groups is 1. The molecule has 0 aliphatic carbocycles. The molecule has 0 heterocycles. The second-order valence-electron chi connectivity index (χ2n) is 5.27. The molecule has 0 aromatic heterocycles. The summed E-state index contributed by atoms with van der Waals surface area (Å²) in [5.41, 5.74) is 0.364. The minimum atomic E-state index is -2.95. The van der Waals surface area contributed by atoms with Gasteiger partial charge in [-0.25, -0.2) is 0 Å². The molecule has 0 saturated heterocycles. The quantitative estimate of drug-likeness (QED) is 0.406. The fourth-order valence-electron chi connectivity index (χ4n) is 2.26. The maximum Gasteiger partial charge on any atom is 0.387 e. The molecule has 0 unspecified atom stereocenters. The van der Waals surface area contributed by atoms with Crippen LogP contribution in [0.4, 0.5) is 14.5 Å². The lowest BCUT2D eigenvalue weighted by Gasteiger charge is -2.11. The number of phenols is 1. The number of hydrogen-bond donors (Lipinski definition) is 1. The van der Waals surface area contributed by atoms with E-state index in [9.17, 15) is 24.0 Å². The van der Waals surface area contributed by atoms with Crippen molar-refractivity contribution < 1.29 is 28.3 Å². The van der Waals surface area contributed by atoms with Crippen LogP contribution in [0.25, 0.3) is 0 Å². The van der Waals surface area contributed by atoms with Crippen molar-refractivity contribution in [2.75, 3.05) is 13.7 Å². The Morgan fingerprint density at radius 2 is 2.07 bits per heavy atom. The number of rotatable bonds is 8. The van der Waals surface area contributed by atoms with Crippen LogP contribution in [0.3, 0.4) is 0 Å². The van der Waals surface area contributed by atoms with E-state index in [0.29, 0.717) is 6.42 Å². The maximum atomic E-state index is 12.3. The van der Waals surface area contributed by atoms with Crippen molar-refractivity contribution in [3.63, 3.8) is 0 Å². The first kappa shape index (κ1) is 20.4. The molecule has 0 aliphatic rings. The van der Waals surface area contributed by atoms with Crippen LogP contribution in [-0.4, -0.2) is 36.5 Å². The molecule has 2 aromatic carbocycles. The van der Waals surface area contributed by atoms with Gasteiger partial charge in [0.05, 0.1) is 12.0 Å². The number of benzene rings is 2. The van der Waals surface area contributed by atoms with Gasteiger partial charge in [0, 0.05) is 29.4 Å². The molecule has 1 N–H and O–H groups in total. The van der Waals surface area contributed by atoms with E-state index in [0.717, 1.165) is 11.6 Å². The van der Waals surface area contributed by atoms with Crippen molar-refractivity contribution in [2.24, 2.45) is 4.99 Å². The molecule has 10 heteroatoms. The molecule has 2 rings (SSSR count). The lowest BCUT2D eigenvalue weighted by Crippen LogP contribution is -2.04. The number of aliphatic imine (C=N–C) groups is 1. The zero-order valence-electron chi connectivity index (χ0n) is 14.1. The Morgan fingerprint density at radius 1 is 1.33 bits per heavy atom. The van der Waals surface area contributed by atoms with Crippen molar-refractivity contribution >= 4 is 23.5 Å². The number of hydrogen-bond acceptors (Lipinski definition) is 6. The van der Waals surface area contributed by atoms with Crippen molar-refractivity contribution in [3.8, 4) is 17.2 Å². The largest absolute Gasteiger partial charge is 0.502 e. The Bertz CT molecular complexity index is 861. The molecular weight excluding hydrogens is 386 g/mol. The van der Waals surface area contributed by atoms with E-state index in [1.54, 1.807) is 12.1 Å². The first-order valence-corrected chi connectivity index (χ1v) is 7.98. The van der Waals surface area contributed by atoms with E-state index in [2.05, 4.69) is 9.73 Å². The molecule has 144 valence electrons. The smallest absolute Gasteiger partial charge is 0.387 e. The van der Waals surface area contributed by atoms with Gasteiger partial charge < -0.3 is 14.6 Å². The van der Waals surface area contributed by atoms with E-state index in [4.69, 9.17) is 16.3 Å². The molecule has 27 heavy (non-hydrogen) atoms. The molecule has 0 saturated carbocycles. The number of nitro benzene ring substituents is 1. The molecule has 7 nitrogen and oxygen atoms in total. The average molecular weight is 401 g/mol. The van der Waals surface area contributed by atoms with Gasteiger partial charge in [-0.15, -0.1) is 0 Å². The van der Waals surface area contributed by atoms with Gasteiger partial charge in [-0.1, -0.05) is 17.7 Å². The van der Waals surface area contributed by atoms with Crippen LogP contribution in [0.1, 0.15) is 11.1 Å². The fraction of sp³-hybridized carbons (Fsp3) is 0.235. The maximum absolute atomic E-state index is 12.3. The fourth-order valence-corrected chi connectivity index (χ4v) is 2.48. The van der Waals surface area contributed by atoms with E-state index < -0.39 is 23.0 Å². The average Bonchev–Trinajstić information content (AvgIpc) is 2.61. The van der Waals surface area contributed by atoms with Gasteiger partial charge >= 0.3 is 12.3 Å². The second-order valence-corrected chi connectivity index (χ2v) is 5.71. The summed E-state index contributed by atoms with van der Waals surface area (Å²) in [7, 11) is 1.34. The van der Waals surface area contributed by atoms with Crippen molar-refractivity contribution in [1.82, 2.24) is 0 Å². The van der Waals surface area contributed by atoms with Crippen LogP contribution in [0.2, 0.25) is 5.02 Å². The first-order valence-electron chi connectivity index (χ1n) is 7.60. The van der Waals surface area contributed by atoms with Crippen LogP contribution in [0.15, 0.2) is 35.3 Å². The Morgan fingerprint density at radius 3 is 2.70 bits per heavy atom. The lowest BCUT2D eigenvalue weighted by molar-refractivity contribution is -0.385. The highest BCUT2D eigenvalue weighted by Crippen LogP contribution is 2.32. The minimum absolute atomic E-state index is 0.0732. The first-order chi connectivity index (χ1) is 12.8. The Hall–Kier alpha value is -2.94. The summed E-state index contributed by atoms with van der Waals surface area (Å²) in [6.45, 7) is -2.68.